The predicted octanol–water partition coefficient (Wildman–Crippen LogP) is 2.54. The molecule has 24 heavy (non-hydrogen) atoms. The Bertz CT molecular complexity index is 737. The highest BCUT2D eigenvalue weighted by Gasteiger charge is 2.04. The van der Waals surface area contributed by atoms with Crippen molar-refractivity contribution < 1.29 is 14.3 Å². The van der Waals surface area contributed by atoms with Crippen molar-refractivity contribution in [2.24, 2.45) is 0 Å². The van der Waals surface area contributed by atoms with Gasteiger partial charge >= 0.3 is 0 Å². The number of rotatable bonds is 5. The third-order valence-electron chi connectivity index (χ3n) is 3.19. The fraction of sp³-hybridized carbons (Fsp3) is 0.158. The van der Waals surface area contributed by atoms with Crippen LogP contribution in [0.5, 0.6) is 5.75 Å². The lowest BCUT2D eigenvalue weighted by molar-refractivity contribution is -0.128. The Labute approximate surface area is 141 Å². The van der Waals surface area contributed by atoms with E-state index in [1.54, 1.807) is 12.1 Å². The van der Waals surface area contributed by atoms with Crippen LogP contribution in [-0.4, -0.2) is 18.4 Å². The van der Waals surface area contributed by atoms with Gasteiger partial charge in [0.05, 0.1) is 0 Å². The molecule has 0 fully saturated rings. The van der Waals surface area contributed by atoms with Gasteiger partial charge in [-0.3, -0.25) is 20.4 Å². The molecule has 0 aliphatic carbocycles. The highest BCUT2D eigenvalue weighted by Crippen LogP contribution is 2.11. The van der Waals surface area contributed by atoms with Crippen LogP contribution in [0.2, 0.25) is 0 Å². The van der Waals surface area contributed by atoms with E-state index in [1.807, 2.05) is 56.3 Å². The summed E-state index contributed by atoms with van der Waals surface area (Å²) >= 11 is 0. The lowest BCUT2D eigenvalue weighted by Crippen LogP contribution is -2.43. The molecule has 0 heterocycles. The minimum atomic E-state index is -0.436. The molecule has 2 rings (SSSR count). The first-order chi connectivity index (χ1) is 11.5. The Kier molecular flexibility index (Phi) is 6.14. The summed E-state index contributed by atoms with van der Waals surface area (Å²) in [6.07, 6.45) is 3.02. The average molecular weight is 324 g/mol. The molecular weight excluding hydrogens is 304 g/mol. The standard InChI is InChI=1S/C19H20N2O3/c1-14-6-8-16(9-7-14)10-11-18(22)20-21-19(23)13-24-17-5-3-4-15(2)12-17/h3-12H,13H2,1-2H3,(H,20,22)(H,21,23)/b11-10+. The number of ether oxygens (including phenoxy) is 1. The van der Waals surface area contributed by atoms with Gasteiger partial charge in [0.15, 0.2) is 6.61 Å². The maximum Gasteiger partial charge on any atom is 0.276 e. The van der Waals surface area contributed by atoms with Crippen LogP contribution in [0.25, 0.3) is 6.08 Å². The summed E-state index contributed by atoms with van der Waals surface area (Å²) in [5.41, 5.74) is 7.71. The summed E-state index contributed by atoms with van der Waals surface area (Å²) in [5.74, 6) is -0.246. The lowest BCUT2D eigenvalue weighted by atomic mass is 10.1. The van der Waals surface area contributed by atoms with Crippen molar-refractivity contribution in [2.45, 2.75) is 13.8 Å². The Morgan fingerprint density at radius 3 is 2.46 bits per heavy atom. The van der Waals surface area contributed by atoms with Crippen molar-refractivity contribution in [3.05, 3.63) is 71.3 Å². The van der Waals surface area contributed by atoms with Crippen LogP contribution in [0.15, 0.2) is 54.6 Å². The number of amides is 2. The quantitative estimate of drug-likeness (QED) is 0.656. The molecule has 0 bridgehead atoms. The molecule has 2 aromatic rings. The molecule has 2 amide bonds. The molecule has 2 N–H and O–H groups in total. The van der Waals surface area contributed by atoms with E-state index in [1.165, 1.54) is 6.08 Å². The highest BCUT2D eigenvalue weighted by molar-refractivity contribution is 5.93. The van der Waals surface area contributed by atoms with Gasteiger partial charge in [-0.2, -0.15) is 0 Å². The Balaban J connectivity index is 1.72. The minimum Gasteiger partial charge on any atom is -0.484 e. The number of benzene rings is 2. The van der Waals surface area contributed by atoms with Crippen molar-refractivity contribution >= 4 is 17.9 Å². The zero-order valence-electron chi connectivity index (χ0n) is 13.7. The molecule has 0 unspecified atom stereocenters. The number of hydrazine groups is 1. The monoisotopic (exact) mass is 324 g/mol. The van der Waals surface area contributed by atoms with Crippen LogP contribution >= 0.6 is 0 Å². The summed E-state index contributed by atoms with van der Waals surface area (Å²) in [5, 5.41) is 0. The van der Waals surface area contributed by atoms with E-state index >= 15 is 0 Å². The smallest absolute Gasteiger partial charge is 0.276 e. The van der Waals surface area contributed by atoms with Crippen molar-refractivity contribution in [3.8, 4) is 5.75 Å². The van der Waals surface area contributed by atoms with Crippen LogP contribution < -0.4 is 15.6 Å². The summed E-state index contributed by atoms with van der Waals surface area (Å²) in [7, 11) is 0. The van der Waals surface area contributed by atoms with Crippen LogP contribution in [0, 0.1) is 13.8 Å². The number of carbonyl (C=O) groups is 2. The molecule has 0 aliphatic rings. The lowest BCUT2D eigenvalue weighted by Gasteiger charge is -2.08. The number of carbonyl (C=O) groups excluding carboxylic acids is 2. The highest BCUT2D eigenvalue weighted by atomic mass is 16.5. The first-order valence-corrected chi connectivity index (χ1v) is 7.56. The minimum absolute atomic E-state index is 0.175. The molecular formula is C19H20N2O3. The Morgan fingerprint density at radius 2 is 1.75 bits per heavy atom. The van der Waals surface area contributed by atoms with Gasteiger partial charge in [0.25, 0.3) is 11.8 Å². The second kappa shape index (κ2) is 8.53. The van der Waals surface area contributed by atoms with Gasteiger partial charge < -0.3 is 4.74 Å². The summed E-state index contributed by atoms with van der Waals surface area (Å²) in [6.45, 7) is 3.76. The first kappa shape index (κ1) is 17.3. The second-order valence-electron chi connectivity index (χ2n) is 5.39. The molecule has 0 saturated heterocycles. The molecule has 5 heteroatoms. The number of hydrogen-bond donors (Lipinski definition) is 2. The SMILES string of the molecule is Cc1ccc(/C=C/C(=O)NNC(=O)COc2cccc(C)c2)cc1. The Hall–Kier alpha value is -3.08. The van der Waals surface area contributed by atoms with Crippen molar-refractivity contribution in [1.29, 1.82) is 0 Å². The maximum atomic E-state index is 11.7. The van der Waals surface area contributed by atoms with E-state index in [0.717, 1.165) is 16.7 Å². The molecule has 0 aromatic heterocycles. The van der Waals surface area contributed by atoms with Gasteiger partial charge in [-0.05, 0) is 43.2 Å². The van der Waals surface area contributed by atoms with Crippen molar-refractivity contribution in [1.82, 2.24) is 10.9 Å². The Morgan fingerprint density at radius 1 is 1.00 bits per heavy atom. The fourth-order valence-electron chi connectivity index (χ4n) is 1.91. The van der Waals surface area contributed by atoms with Crippen LogP contribution in [0.1, 0.15) is 16.7 Å². The largest absolute Gasteiger partial charge is 0.484 e. The second-order valence-corrected chi connectivity index (χ2v) is 5.39. The van der Waals surface area contributed by atoms with E-state index in [-0.39, 0.29) is 6.61 Å². The molecule has 0 radical (unpaired) electrons. The molecule has 2 aromatic carbocycles. The zero-order chi connectivity index (χ0) is 17.4. The number of hydrogen-bond acceptors (Lipinski definition) is 3. The third kappa shape index (κ3) is 5.96. The van der Waals surface area contributed by atoms with Gasteiger partial charge in [0.2, 0.25) is 0 Å². The molecule has 0 spiro atoms. The summed E-state index contributed by atoms with van der Waals surface area (Å²) < 4.78 is 5.34. The first-order valence-electron chi connectivity index (χ1n) is 7.56. The third-order valence-corrected chi connectivity index (χ3v) is 3.19. The number of nitrogens with one attached hydrogen (secondary N) is 2. The van der Waals surface area contributed by atoms with Gasteiger partial charge in [-0.1, -0.05) is 42.0 Å². The van der Waals surface area contributed by atoms with Crippen molar-refractivity contribution in [3.63, 3.8) is 0 Å². The summed E-state index contributed by atoms with van der Waals surface area (Å²) in [4.78, 5) is 23.3. The van der Waals surface area contributed by atoms with E-state index in [0.29, 0.717) is 5.75 Å². The van der Waals surface area contributed by atoms with Crippen LogP contribution in [0.4, 0.5) is 0 Å². The number of aryl methyl sites for hydroxylation is 2. The van der Waals surface area contributed by atoms with Crippen LogP contribution in [-0.2, 0) is 9.59 Å². The molecule has 0 aliphatic heterocycles. The summed E-state index contributed by atoms with van der Waals surface area (Å²) in [6, 6.07) is 15.1. The molecule has 124 valence electrons. The predicted molar refractivity (Wildman–Crippen MR) is 93.2 cm³/mol. The van der Waals surface area contributed by atoms with Crippen molar-refractivity contribution in [2.75, 3.05) is 6.61 Å². The average Bonchev–Trinajstić information content (AvgIpc) is 2.57. The van der Waals surface area contributed by atoms with Gasteiger partial charge in [-0.25, -0.2) is 0 Å². The van der Waals surface area contributed by atoms with E-state index < -0.39 is 11.8 Å². The normalized spacial score (nSPS) is 10.4. The topological polar surface area (TPSA) is 67.4 Å². The molecule has 0 atom stereocenters. The maximum absolute atomic E-state index is 11.7. The fourth-order valence-corrected chi connectivity index (χ4v) is 1.91. The van der Waals surface area contributed by atoms with E-state index in [2.05, 4.69) is 10.9 Å². The van der Waals surface area contributed by atoms with Gasteiger partial charge in [-0.15, -0.1) is 0 Å². The van der Waals surface area contributed by atoms with E-state index in [9.17, 15) is 9.59 Å². The van der Waals surface area contributed by atoms with Gasteiger partial charge in [0, 0.05) is 6.08 Å². The van der Waals surface area contributed by atoms with Crippen LogP contribution in [0.3, 0.4) is 0 Å². The molecule has 5 nitrogen and oxygen atoms in total. The van der Waals surface area contributed by atoms with E-state index in [4.69, 9.17) is 4.74 Å². The van der Waals surface area contributed by atoms with Gasteiger partial charge in [0.1, 0.15) is 5.75 Å². The molecule has 0 saturated carbocycles. The zero-order valence-corrected chi connectivity index (χ0v) is 13.7.